The molecule has 6 aromatic carbocycles. The normalized spacial score (nSPS) is 15.9. The molecule has 0 atom stereocenters. The smallest absolute Gasteiger partial charge is 0.159 e. The molecule has 0 amide bonds. The van der Waals surface area contributed by atoms with E-state index in [0.717, 1.165) is 33.6 Å². The fourth-order valence-corrected chi connectivity index (χ4v) is 8.32. The maximum atomic E-state index is 6.78. The fraction of sp³-hybridized carbons (Fsp3) is 0.209. The molecule has 1 fully saturated rings. The largest absolute Gasteiger partial charge is 0.454 e. The minimum absolute atomic E-state index is 0.0806. The molecule has 0 unspecified atom stereocenters. The summed E-state index contributed by atoms with van der Waals surface area (Å²) in [5.41, 5.74) is 12.0. The van der Waals surface area contributed by atoms with E-state index >= 15 is 0 Å². The summed E-state index contributed by atoms with van der Waals surface area (Å²) < 4.78 is 6.78. The van der Waals surface area contributed by atoms with E-state index in [9.17, 15) is 0 Å². The highest BCUT2D eigenvalue weighted by Crippen LogP contribution is 2.51. The van der Waals surface area contributed by atoms with Crippen LogP contribution in [0.1, 0.15) is 68.6 Å². The predicted octanol–water partition coefficient (Wildman–Crippen LogP) is 12.6. The van der Waals surface area contributed by atoms with Crippen molar-refractivity contribution < 1.29 is 4.42 Å². The lowest BCUT2D eigenvalue weighted by Gasteiger charge is -2.29. The van der Waals surface area contributed by atoms with Crippen molar-refractivity contribution in [2.45, 2.75) is 57.3 Å². The van der Waals surface area contributed by atoms with Crippen LogP contribution in [0.5, 0.6) is 0 Å². The maximum absolute atomic E-state index is 6.78. The molecule has 0 N–H and O–H groups in total. The van der Waals surface area contributed by atoms with Gasteiger partial charge in [-0.2, -0.15) is 0 Å². The Bertz CT molecular complexity index is 2230. The molecular weight excluding hydrogens is 546 g/mol. The van der Waals surface area contributed by atoms with Crippen molar-refractivity contribution in [1.29, 1.82) is 0 Å². The number of hydrogen-bond donors (Lipinski definition) is 0. The molecule has 45 heavy (non-hydrogen) atoms. The molecule has 0 aliphatic heterocycles. The monoisotopic (exact) mass is 583 g/mol. The zero-order chi connectivity index (χ0) is 30.1. The molecule has 1 aromatic heterocycles. The van der Waals surface area contributed by atoms with Gasteiger partial charge in [0.05, 0.1) is 5.69 Å². The Labute approximate surface area is 264 Å². The summed E-state index contributed by atoms with van der Waals surface area (Å²) in [6.07, 6.45) is 6.66. The molecule has 0 radical (unpaired) electrons. The van der Waals surface area contributed by atoms with Crippen LogP contribution in [-0.4, -0.2) is 0 Å². The lowest BCUT2D eigenvalue weighted by molar-refractivity contribution is 0.443. The standard InChI is InChI=1S/C43H37NO/c1-43(2)37-17-9-8-15-34(37)35-25-24-32(27-38(35)43)44(31-22-19-29(20-23-31)28-11-4-3-5-12-28)39-18-10-16-36-41-33-14-7-6-13-30(33)21-26-40(41)45-42(36)39/h6-10,13-28H,3-5,11-12H2,1-2H3. The topological polar surface area (TPSA) is 16.4 Å². The van der Waals surface area contributed by atoms with Gasteiger partial charge in [0.15, 0.2) is 5.58 Å². The second kappa shape index (κ2) is 10.1. The number of rotatable bonds is 4. The Morgan fingerprint density at radius 1 is 0.622 bits per heavy atom. The van der Waals surface area contributed by atoms with E-state index in [1.54, 1.807) is 0 Å². The number of nitrogens with zero attached hydrogens (tertiary/aromatic N) is 1. The molecule has 2 nitrogen and oxygen atoms in total. The van der Waals surface area contributed by atoms with Crippen molar-refractivity contribution in [3.05, 3.63) is 138 Å². The van der Waals surface area contributed by atoms with Crippen molar-refractivity contribution in [2.24, 2.45) is 0 Å². The summed E-state index contributed by atoms with van der Waals surface area (Å²) in [5.74, 6) is 0.674. The second-order valence-corrected chi connectivity index (χ2v) is 13.6. The summed E-state index contributed by atoms with van der Waals surface area (Å²) in [6, 6.07) is 44.8. The summed E-state index contributed by atoms with van der Waals surface area (Å²) >= 11 is 0. The van der Waals surface area contributed by atoms with Gasteiger partial charge < -0.3 is 9.32 Å². The quantitative estimate of drug-likeness (QED) is 0.205. The van der Waals surface area contributed by atoms with Crippen LogP contribution in [0.2, 0.25) is 0 Å². The van der Waals surface area contributed by atoms with E-state index in [1.807, 2.05) is 0 Å². The van der Waals surface area contributed by atoms with Gasteiger partial charge in [0, 0.05) is 27.6 Å². The fourth-order valence-electron chi connectivity index (χ4n) is 8.32. The van der Waals surface area contributed by atoms with E-state index < -0.39 is 0 Å². The van der Waals surface area contributed by atoms with Crippen LogP contribution in [0, 0.1) is 0 Å². The van der Waals surface area contributed by atoms with Gasteiger partial charge in [0.1, 0.15) is 5.58 Å². The number of hydrogen-bond acceptors (Lipinski definition) is 2. The van der Waals surface area contributed by atoms with E-state index in [0.29, 0.717) is 5.92 Å². The Morgan fingerprint density at radius 3 is 2.22 bits per heavy atom. The van der Waals surface area contributed by atoms with E-state index in [-0.39, 0.29) is 5.41 Å². The molecule has 2 aliphatic carbocycles. The minimum atomic E-state index is -0.0806. The van der Waals surface area contributed by atoms with E-state index in [4.69, 9.17) is 4.42 Å². The van der Waals surface area contributed by atoms with Crippen LogP contribution in [0.4, 0.5) is 17.1 Å². The number of benzene rings is 6. The van der Waals surface area contributed by atoms with Crippen LogP contribution in [0.25, 0.3) is 43.8 Å². The van der Waals surface area contributed by atoms with Crippen LogP contribution < -0.4 is 4.90 Å². The predicted molar refractivity (Wildman–Crippen MR) is 189 cm³/mol. The second-order valence-electron chi connectivity index (χ2n) is 13.6. The van der Waals surface area contributed by atoms with Crippen molar-refractivity contribution in [2.75, 3.05) is 4.90 Å². The third kappa shape index (κ3) is 4.08. The SMILES string of the molecule is CC1(C)c2ccccc2-c2ccc(N(c3ccc(C4CCCCC4)cc3)c3cccc4c3oc3ccc5ccccc5c34)cc21. The number of para-hydroxylation sites is 1. The first-order chi connectivity index (χ1) is 22.1. The average molecular weight is 584 g/mol. The van der Waals surface area contributed by atoms with Crippen LogP contribution in [-0.2, 0) is 5.41 Å². The molecule has 0 bridgehead atoms. The molecule has 2 heteroatoms. The van der Waals surface area contributed by atoms with Gasteiger partial charge in [-0.25, -0.2) is 0 Å². The average Bonchev–Trinajstić information content (AvgIpc) is 3.59. The highest BCUT2D eigenvalue weighted by atomic mass is 16.3. The first kappa shape index (κ1) is 26.6. The zero-order valence-corrected chi connectivity index (χ0v) is 26.0. The van der Waals surface area contributed by atoms with Crippen molar-refractivity contribution in [1.82, 2.24) is 0 Å². The summed E-state index contributed by atoms with van der Waals surface area (Å²) in [7, 11) is 0. The van der Waals surface area contributed by atoms with Gasteiger partial charge in [-0.3, -0.25) is 0 Å². The third-order valence-electron chi connectivity index (χ3n) is 10.7. The minimum Gasteiger partial charge on any atom is -0.454 e. The molecule has 2 aliphatic rings. The Morgan fingerprint density at radius 2 is 1.36 bits per heavy atom. The lowest BCUT2D eigenvalue weighted by Crippen LogP contribution is -2.16. The van der Waals surface area contributed by atoms with Crippen molar-refractivity contribution in [3.63, 3.8) is 0 Å². The Hall–Kier alpha value is -4.82. The van der Waals surface area contributed by atoms with Gasteiger partial charge in [-0.05, 0) is 93.7 Å². The lowest BCUT2D eigenvalue weighted by atomic mass is 9.82. The molecular formula is C43H37NO. The summed E-state index contributed by atoms with van der Waals surface area (Å²) in [4.78, 5) is 2.41. The van der Waals surface area contributed by atoms with Crippen LogP contribution in [0.15, 0.2) is 126 Å². The Balaban J connectivity index is 1.26. The molecule has 220 valence electrons. The highest BCUT2D eigenvalue weighted by molar-refractivity contribution is 6.21. The summed E-state index contributed by atoms with van der Waals surface area (Å²) in [6.45, 7) is 4.71. The van der Waals surface area contributed by atoms with Crippen LogP contribution >= 0.6 is 0 Å². The third-order valence-corrected chi connectivity index (χ3v) is 10.7. The molecule has 9 rings (SSSR count). The van der Waals surface area contributed by atoms with Gasteiger partial charge in [0.25, 0.3) is 0 Å². The van der Waals surface area contributed by atoms with Gasteiger partial charge in [0.2, 0.25) is 0 Å². The highest BCUT2D eigenvalue weighted by Gasteiger charge is 2.36. The first-order valence-corrected chi connectivity index (χ1v) is 16.6. The molecule has 1 saturated carbocycles. The number of furan rings is 1. The molecule has 0 saturated heterocycles. The molecule has 7 aromatic rings. The molecule has 0 spiro atoms. The zero-order valence-electron chi connectivity index (χ0n) is 26.0. The molecule has 1 heterocycles. The van der Waals surface area contributed by atoms with Crippen molar-refractivity contribution in [3.8, 4) is 11.1 Å². The van der Waals surface area contributed by atoms with Gasteiger partial charge in [-0.15, -0.1) is 0 Å². The van der Waals surface area contributed by atoms with E-state index in [1.165, 1.54) is 76.1 Å². The number of anilines is 3. The first-order valence-electron chi connectivity index (χ1n) is 16.6. The van der Waals surface area contributed by atoms with E-state index in [2.05, 4.69) is 140 Å². The summed E-state index contributed by atoms with van der Waals surface area (Å²) in [5, 5.41) is 4.79. The van der Waals surface area contributed by atoms with Crippen LogP contribution in [0.3, 0.4) is 0 Å². The van der Waals surface area contributed by atoms with Gasteiger partial charge in [-0.1, -0.05) is 118 Å². The van der Waals surface area contributed by atoms with Crippen molar-refractivity contribution >= 4 is 49.8 Å². The number of fused-ring (bicyclic) bond motifs is 8. The maximum Gasteiger partial charge on any atom is 0.159 e. The van der Waals surface area contributed by atoms with Gasteiger partial charge >= 0.3 is 0 Å². The Kier molecular flexibility index (Phi) is 5.97.